The summed E-state index contributed by atoms with van der Waals surface area (Å²) in [4.78, 5) is 47.5. The normalized spacial score (nSPS) is 10.5. The molecule has 0 radical (unpaired) electrons. The number of rotatable bonds is 7. The van der Waals surface area contributed by atoms with Crippen LogP contribution in [0, 0.1) is 11.3 Å². The average molecular weight is 442 g/mol. The highest BCUT2D eigenvalue weighted by atomic mass is 16.2. The van der Waals surface area contributed by atoms with E-state index in [2.05, 4.69) is 35.8 Å². The van der Waals surface area contributed by atoms with Crippen LogP contribution in [0.25, 0.3) is 10.9 Å². The third-order valence-corrected chi connectivity index (χ3v) is 4.77. The first-order valence-electron chi connectivity index (χ1n) is 9.97. The van der Waals surface area contributed by atoms with E-state index in [0.29, 0.717) is 29.0 Å². The third kappa shape index (κ3) is 5.26. The smallest absolute Gasteiger partial charge is 0.287 e. The van der Waals surface area contributed by atoms with Crippen molar-refractivity contribution in [3.05, 3.63) is 81.9 Å². The van der Waals surface area contributed by atoms with Crippen molar-refractivity contribution < 1.29 is 9.59 Å². The molecule has 0 aliphatic heterocycles. The molecule has 0 aliphatic carbocycles. The van der Waals surface area contributed by atoms with Gasteiger partial charge in [-0.15, -0.1) is 0 Å². The highest BCUT2D eigenvalue weighted by Crippen LogP contribution is 2.12. The van der Waals surface area contributed by atoms with Gasteiger partial charge in [0.15, 0.2) is 5.82 Å². The molecule has 2 amide bonds. The van der Waals surface area contributed by atoms with E-state index in [1.54, 1.807) is 24.3 Å². The molecule has 0 aliphatic rings. The number of nitrogens with one attached hydrogen (secondary N) is 4. The van der Waals surface area contributed by atoms with E-state index in [9.17, 15) is 14.4 Å². The number of benzene rings is 2. The number of hydrogen-bond acceptors (Lipinski definition) is 7. The predicted molar refractivity (Wildman–Crippen MR) is 118 cm³/mol. The Labute approximate surface area is 186 Å². The summed E-state index contributed by atoms with van der Waals surface area (Å²) < 4.78 is 0. The van der Waals surface area contributed by atoms with E-state index >= 15 is 0 Å². The Morgan fingerprint density at radius 3 is 2.82 bits per heavy atom. The molecule has 0 fully saturated rings. The summed E-state index contributed by atoms with van der Waals surface area (Å²) in [6.45, 7) is 0.162. The summed E-state index contributed by atoms with van der Waals surface area (Å²) in [7, 11) is 0. The lowest BCUT2D eigenvalue weighted by Crippen LogP contribution is -2.27. The van der Waals surface area contributed by atoms with Gasteiger partial charge in [-0.25, -0.2) is 9.97 Å². The van der Waals surface area contributed by atoms with Crippen molar-refractivity contribution in [3.8, 4) is 6.07 Å². The first kappa shape index (κ1) is 21.4. The zero-order valence-corrected chi connectivity index (χ0v) is 17.3. The van der Waals surface area contributed by atoms with Crippen LogP contribution >= 0.6 is 0 Å². The minimum atomic E-state index is -0.556. The summed E-state index contributed by atoms with van der Waals surface area (Å²) in [6.07, 6.45) is 2.07. The van der Waals surface area contributed by atoms with Crippen molar-refractivity contribution in [2.24, 2.45) is 0 Å². The number of aryl methyl sites for hydroxylation is 1. The summed E-state index contributed by atoms with van der Waals surface area (Å²) in [5.74, 6) is -0.230. The highest BCUT2D eigenvalue weighted by Gasteiger charge is 2.12. The van der Waals surface area contributed by atoms with E-state index in [0.717, 1.165) is 5.56 Å². The molecule has 33 heavy (non-hydrogen) atoms. The monoisotopic (exact) mass is 442 g/mol. The zero-order chi connectivity index (χ0) is 23.2. The summed E-state index contributed by atoms with van der Waals surface area (Å²) in [5.41, 5.74) is 1.49. The summed E-state index contributed by atoms with van der Waals surface area (Å²) in [6, 6.07) is 13.5. The maximum atomic E-state index is 12.5. The predicted octanol–water partition coefficient (Wildman–Crippen LogP) is 1.41. The van der Waals surface area contributed by atoms with Gasteiger partial charge in [-0.2, -0.15) is 10.4 Å². The lowest BCUT2D eigenvalue weighted by molar-refractivity contribution is -0.116. The Hall–Kier alpha value is -4.85. The van der Waals surface area contributed by atoms with Crippen molar-refractivity contribution in [3.63, 3.8) is 0 Å². The Morgan fingerprint density at radius 2 is 2.03 bits per heavy atom. The van der Waals surface area contributed by atoms with Gasteiger partial charge in [0, 0.05) is 25.1 Å². The molecule has 4 rings (SSSR count). The first-order valence-corrected chi connectivity index (χ1v) is 9.97. The maximum Gasteiger partial charge on any atom is 0.287 e. The van der Waals surface area contributed by atoms with Crippen LogP contribution < -0.4 is 16.2 Å². The number of hydrogen-bond donors (Lipinski definition) is 4. The van der Waals surface area contributed by atoms with Crippen LogP contribution in [-0.4, -0.2) is 37.0 Å². The van der Waals surface area contributed by atoms with Crippen LogP contribution in [0.2, 0.25) is 0 Å². The third-order valence-electron chi connectivity index (χ3n) is 4.77. The molecule has 0 saturated heterocycles. The fourth-order valence-corrected chi connectivity index (χ4v) is 3.15. The maximum absolute atomic E-state index is 12.5. The minimum absolute atomic E-state index is 0.130. The van der Waals surface area contributed by atoms with Gasteiger partial charge in [0.05, 0.1) is 22.5 Å². The number of anilines is 1. The summed E-state index contributed by atoms with van der Waals surface area (Å²) >= 11 is 0. The molecule has 0 spiro atoms. The van der Waals surface area contributed by atoms with Crippen LogP contribution in [0.15, 0.2) is 53.6 Å². The molecule has 0 saturated carbocycles. The van der Waals surface area contributed by atoms with Crippen LogP contribution in [-0.2, 0) is 17.8 Å². The Kier molecular flexibility index (Phi) is 6.17. The fraction of sp³-hybridized carbons (Fsp3) is 0.136. The number of amides is 2. The molecule has 2 aromatic carbocycles. The van der Waals surface area contributed by atoms with E-state index in [-0.39, 0.29) is 30.1 Å². The van der Waals surface area contributed by atoms with Crippen molar-refractivity contribution in [2.75, 3.05) is 5.32 Å². The van der Waals surface area contributed by atoms with E-state index < -0.39 is 11.5 Å². The number of fused-ring (bicyclic) bond motifs is 1. The molecule has 2 heterocycles. The number of H-pyrrole nitrogens is 2. The molecule has 11 heteroatoms. The largest absolute Gasteiger partial charge is 0.345 e. The molecule has 0 bridgehead atoms. The number of aromatic amines is 2. The van der Waals surface area contributed by atoms with Gasteiger partial charge in [-0.05, 0) is 35.9 Å². The zero-order valence-electron chi connectivity index (χ0n) is 17.3. The number of nitriles is 1. The van der Waals surface area contributed by atoms with Crippen molar-refractivity contribution in [1.29, 1.82) is 5.26 Å². The molecular formula is C22H18N8O3. The average Bonchev–Trinajstić information content (AvgIpc) is 3.35. The number of aromatic nitrogens is 5. The molecule has 0 unspecified atom stereocenters. The number of carbonyl (C=O) groups excluding carboxylic acids is 2. The lowest BCUT2D eigenvalue weighted by Gasteiger charge is -2.09. The topological polar surface area (TPSA) is 169 Å². The fourth-order valence-electron chi connectivity index (χ4n) is 3.15. The second-order valence-corrected chi connectivity index (χ2v) is 7.12. The van der Waals surface area contributed by atoms with E-state index in [1.165, 1.54) is 24.5 Å². The quantitative estimate of drug-likeness (QED) is 0.335. The lowest BCUT2D eigenvalue weighted by atomic mass is 10.1. The van der Waals surface area contributed by atoms with Gasteiger partial charge in [0.2, 0.25) is 5.91 Å². The van der Waals surface area contributed by atoms with Crippen molar-refractivity contribution in [2.45, 2.75) is 19.4 Å². The molecule has 164 valence electrons. The van der Waals surface area contributed by atoms with Gasteiger partial charge in [-0.1, -0.05) is 12.1 Å². The molecular weight excluding hydrogens is 424 g/mol. The van der Waals surface area contributed by atoms with Crippen LogP contribution in [0.4, 0.5) is 5.69 Å². The second kappa shape index (κ2) is 9.52. The standard InChI is InChI=1S/C22H18N8O3/c23-10-13-4-5-17-16(9-13)21(32)29-20(28-17)22(33)24-11-14-2-1-3-15(8-14)27-19(31)7-6-18-25-12-26-30-18/h1-5,8-9,12H,6-7,11H2,(H,24,33)(H,27,31)(H,25,26,30)(H,28,29,32). The number of nitrogens with zero attached hydrogens (tertiary/aromatic N) is 4. The highest BCUT2D eigenvalue weighted by molar-refractivity contribution is 5.93. The molecule has 2 aromatic heterocycles. The van der Waals surface area contributed by atoms with Crippen LogP contribution in [0.3, 0.4) is 0 Å². The molecule has 0 atom stereocenters. The summed E-state index contributed by atoms with van der Waals surface area (Å²) in [5, 5.41) is 21.1. The van der Waals surface area contributed by atoms with Gasteiger partial charge >= 0.3 is 0 Å². The van der Waals surface area contributed by atoms with Crippen molar-refractivity contribution >= 4 is 28.4 Å². The minimum Gasteiger partial charge on any atom is -0.345 e. The number of carbonyl (C=O) groups is 2. The Balaban J connectivity index is 1.38. The van der Waals surface area contributed by atoms with Gasteiger partial charge < -0.3 is 15.6 Å². The van der Waals surface area contributed by atoms with Crippen LogP contribution in [0.5, 0.6) is 0 Å². The van der Waals surface area contributed by atoms with E-state index in [4.69, 9.17) is 5.26 Å². The van der Waals surface area contributed by atoms with Crippen molar-refractivity contribution in [1.82, 2.24) is 30.5 Å². The molecule has 11 nitrogen and oxygen atoms in total. The van der Waals surface area contributed by atoms with Gasteiger partial charge in [-0.3, -0.25) is 19.5 Å². The van der Waals surface area contributed by atoms with Gasteiger partial charge in [0.25, 0.3) is 11.5 Å². The molecule has 4 N–H and O–H groups in total. The first-order chi connectivity index (χ1) is 16.0. The second-order valence-electron chi connectivity index (χ2n) is 7.12. The Morgan fingerprint density at radius 1 is 1.15 bits per heavy atom. The van der Waals surface area contributed by atoms with Crippen LogP contribution in [0.1, 0.15) is 34.0 Å². The Bertz CT molecular complexity index is 1420. The van der Waals surface area contributed by atoms with Gasteiger partial charge in [0.1, 0.15) is 12.2 Å². The van der Waals surface area contributed by atoms with E-state index in [1.807, 2.05) is 6.07 Å². The SMILES string of the molecule is N#Cc1ccc2nc(C(=O)NCc3cccc(NC(=O)CCc4ncn[nH]4)c3)[nH]c(=O)c2c1. The molecule has 4 aromatic rings.